The van der Waals surface area contributed by atoms with E-state index in [1.807, 2.05) is 61.5 Å². The highest BCUT2D eigenvalue weighted by Gasteiger charge is 2.26. The van der Waals surface area contributed by atoms with Gasteiger partial charge >= 0.3 is 0 Å². The predicted octanol–water partition coefficient (Wildman–Crippen LogP) is 0.947. The van der Waals surface area contributed by atoms with Crippen LogP contribution in [0.4, 0.5) is 0 Å². The molecule has 0 unspecified atom stereocenters. The molecule has 3 rings (SSSR count). The monoisotopic (exact) mass is 629 g/mol. The summed E-state index contributed by atoms with van der Waals surface area (Å²) in [7, 11) is 0. The molecule has 0 aliphatic rings. The Kier molecular flexibility index (Phi) is 13.4. The number of benzene rings is 3. The second-order valence-corrected chi connectivity index (χ2v) is 10.6. The number of guanidine groups is 2. The summed E-state index contributed by atoms with van der Waals surface area (Å²) in [5.41, 5.74) is 25.8. The van der Waals surface area contributed by atoms with Crippen LogP contribution in [0.2, 0.25) is 0 Å². The largest absolute Gasteiger partial charge is 0.508 e. The van der Waals surface area contributed by atoms with Crippen LogP contribution in [0.3, 0.4) is 0 Å². The summed E-state index contributed by atoms with van der Waals surface area (Å²) < 4.78 is 0. The standard InChI is InChI=1S/C33H43N9O4/c1-2-42(21-23-10-14-25(15-11-23)24-7-4-3-5-8-24)29(44)20-39-30(45)27(9-6-18-38-32(34)35)40-31(46)28(41-33(36)37)19-22-12-16-26(43)17-13-22/h3-5,7-8,10-17,27-28,43H,2,6,9,18-21H2,1H3,(H,39,45)(H,40,46)(H4,34,35,38)(H4,36,37,41)/t27-,28+/m1/s1. The van der Waals surface area contributed by atoms with E-state index in [4.69, 9.17) is 22.9 Å². The molecule has 0 saturated heterocycles. The fourth-order valence-electron chi connectivity index (χ4n) is 4.70. The Morgan fingerprint density at radius 1 is 0.826 bits per heavy atom. The fraction of sp³-hybridized carbons (Fsp3) is 0.303. The third-order valence-electron chi connectivity index (χ3n) is 7.13. The molecule has 0 fully saturated rings. The molecule has 3 aromatic rings. The summed E-state index contributed by atoms with van der Waals surface area (Å²) in [5.74, 6) is -1.74. The van der Waals surface area contributed by atoms with Crippen LogP contribution < -0.4 is 33.6 Å². The Bertz CT molecular complexity index is 1490. The van der Waals surface area contributed by atoms with Crippen molar-refractivity contribution in [2.75, 3.05) is 19.6 Å². The Balaban J connectivity index is 1.65. The van der Waals surface area contributed by atoms with Crippen LogP contribution in [-0.4, -0.2) is 71.4 Å². The van der Waals surface area contributed by atoms with Gasteiger partial charge in [0.25, 0.3) is 0 Å². The number of phenolic OH excluding ortho intramolecular Hbond substituents is 1. The van der Waals surface area contributed by atoms with E-state index < -0.39 is 23.9 Å². The summed E-state index contributed by atoms with van der Waals surface area (Å²) in [6, 6.07) is 22.1. The number of aromatic hydroxyl groups is 1. The van der Waals surface area contributed by atoms with Gasteiger partial charge in [0.1, 0.15) is 17.8 Å². The van der Waals surface area contributed by atoms with Gasteiger partial charge < -0.3 is 43.6 Å². The van der Waals surface area contributed by atoms with E-state index in [-0.39, 0.29) is 49.5 Å². The first kappa shape index (κ1) is 34.9. The minimum atomic E-state index is -1.05. The van der Waals surface area contributed by atoms with Gasteiger partial charge in [0.2, 0.25) is 17.7 Å². The van der Waals surface area contributed by atoms with E-state index in [0.717, 1.165) is 16.7 Å². The van der Waals surface area contributed by atoms with Gasteiger partial charge in [-0.15, -0.1) is 0 Å². The first-order valence-electron chi connectivity index (χ1n) is 15.0. The number of hydrogen-bond donors (Lipinski definition) is 7. The zero-order valence-electron chi connectivity index (χ0n) is 25.9. The van der Waals surface area contributed by atoms with Gasteiger partial charge in [0, 0.05) is 26.1 Å². The highest BCUT2D eigenvalue weighted by atomic mass is 16.3. The first-order valence-corrected chi connectivity index (χ1v) is 15.0. The molecule has 0 aromatic heterocycles. The maximum atomic E-state index is 13.3. The summed E-state index contributed by atoms with van der Waals surface area (Å²) in [5, 5.41) is 15.0. The molecule has 0 aliphatic carbocycles. The molecular weight excluding hydrogens is 586 g/mol. The minimum Gasteiger partial charge on any atom is -0.508 e. The van der Waals surface area contributed by atoms with Crippen molar-refractivity contribution < 1.29 is 19.5 Å². The normalized spacial score (nSPS) is 11.8. The maximum Gasteiger partial charge on any atom is 0.245 e. The van der Waals surface area contributed by atoms with E-state index in [2.05, 4.69) is 20.6 Å². The fourth-order valence-corrected chi connectivity index (χ4v) is 4.70. The highest BCUT2D eigenvalue weighted by molar-refractivity contribution is 5.93. The second-order valence-electron chi connectivity index (χ2n) is 10.6. The van der Waals surface area contributed by atoms with E-state index >= 15 is 0 Å². The van der Waals surface area contributed by atoms with E-state index in [1.54, 1.807) is 17.0 Å². The molecular formula is C33H43N9O4. The maximum absolute atomic E-state index is 13.3. The van der Waals surface area contributed by atoms with Crippen molar-refractivity contribution in [3.8, 4) is 16.9 Å². The van der Waals surface area contributed by atoms with Gasteiger partial charge in [-0.1, -0.05) is 66.7 Å². The predicted molar refractivity (Wildman–Crippen MR) is 179 cm³/mol. The van der Waals surface area contributed by atoms with Crippen LogP contribution in [0, 0.1) is 0 Å². The number of carbonyl (C=O) groups excluding carboxylic acids is 3. The number of rotatable bonds is 16. The quantitative estimate of drug-likeness (QED) is 0.0684. The van der Waals surface area contributed by atoms with Gasteiger partial charge in [-0.05, 0) is 54.2 Å². The van der Waals surface area contributed by atoms with E-state index in [1.165, 1.54) is 12.1 Å². The van der Waals surface area contributed by atoms with Gasteiger partial charge in [0.15, 0.2) is 11.9 Å². The lowest BCUT2D eigenvalue weighted by Gasteiger charge is -2.23. The van der Waals surface area contributed by atoms with Gasteiger partial charge in [-0.2, -0.15) is 0 Å². The lowest BCUT2D eigenvalue weighted by atomic mass is 10.0. The molecule has 0 radical (unpaired) electrons. The SMILES string of the molecule is CCN(Cc1ccc(-c2ccccc2)cc1)C(=O)CNC(=O)[C@@H](CCCN=C(N)N)NC(=O)[C@H](Cc1ccc(O)cc1)N=C(N)N. The number of phenols is 1. The molecule has 0 bridgehead atoms. The average Bonchev–Trinajstić information content (AvgIpc) is 3.04. The van der Waals surface area contributed by atoms with Crippen molar-refractivity contribution in [2.24, 2.45) is 32.9 Å². The van der Waals surface area contributed by atoms with Crippen LogP contribution in [0.25, 0.3) is 11.1 Å². The summed E-state index contributed by atoms with van der Waals surface area (Å²) in [6.45, 7) is 2.64. The van der Waals surface area contributed by atoms with Crippen LogP contribution in [0.5, 0.6) is 5.75 Å². The van der Waals surface area contributed by atoms with Crippen LogP contribution >= 0.6 is 0 Å². The van der Waals surface area contributed by atoms with Gasteiger partial charge in [-0.25, -0.2) is 4.99 Å². The number of nitrogens with two attached hydrogens (primary N) is 4. The van der Waals surface area contributed by atoms with Crippen LogP contribution in [0.15, 0.2) is 88.8 Å². The summed E-state index contributed by atoms with van der Waals surface area (Å²) >= 11 is 0. The summed E-state index contributed by atoms with van der Waals surface area (Å²) in [4.78, 5) is 49.4. The molecule has 0 saturated carbocycles. The van der Waals surface area contributed by atoms with E-state index in [0.29, 0.717) is 25.1 Å². The molecule has 244 valence electrons. The topological polar surface area (TPSA) is 228 Å². The molecule has 0 spiro atoms. The molecule has 0 heterocycles. The second kappa shape index (κ2) is 17.6. The first-order chi connectivity index (χ1) is 22.0. The van der Waals surface area contributed by atoms with E-state index in [9.17, 15) is 19.5 Å². The Morgan fingerprint density at radius 2 is 1.46 bits per heavy atom. The van der Waals surface area contributed by atoms with Gasteiger partial charge in [-0.3, -0.25) is 19.4 Å². The molecule has 3 aromatic carbocycles. The minimum absolute atomic E-state index is 0.0706. The van der Waals surface area contributed by atoms with Crippen molar-refractivity contribution >= 4 is 29.6 Å². The molecule has 46 heavy (non-hydrogen) atoms. The highest BCUT2D eigenvalue weighted by Crippen LogP contribution is 2.20. The number of carbonyl (C=O) groups is 3. The number of amides is 3. The Hall–Kier alpha value is -5.59. The van der Waals surface area contributed by atoms with Crippen LogP contribution in [-0.2, 0) is 27.3 Å². The Labute approximate surface area is 268 Å². The number of aliphatic imine (C=N–C) groups is 2. The molecule has 2 atom stereocenters. The zero-order valence-corrected chi connectivity index (χ0v) is 25.9. The van der Waals surface area contributed by atoms with Gasteiger partial charge in [0.05, 0.1) is 6.54 Å². The number of likely N-dealkylation sites (N-methyl/N-ethyl adjacent to an activating group) is 1. The molecule has 0 aliphatic heterocycles. The number of nitrogens with zero attached hydrogens (tertiary/aromatic N) is 3. The lowest BCUT2D eigenvalue weighted by molar-refractivity contribution is -0.134. The van der Waals surface area contributed by atoms with Crippen molar-refractivity contribution in [1.29, 1.82) is 0 Å². The van der Waals surface area contributed by atoms with Crippen molar-refractivity contribution in [1.82, 2.24) is 15.5 Å². The third-order valence-corrected chi connectivity index (χ3v) is 7.13. The van der Waals surface area contributed by atoms with Crippen molar-refractivity contribution in [2.45, 2.75) is 44.8 Å². The number of nitrogens with one attached hydrogen (secondary N) is 2. The molecule has 13 nitrogen and oxygen atoms in total. The smallest absolute Gasteiger partial charge is 0.245 e. The zero-order chi connectivity index (χ0) is 33.5. The molecule has 11 N–H and O–H groups in total. The Morgan fingerprint density at radius 3 is 2.07 bits per heavy atom. The van der Waals surface area contributed by atoms with Crippen molar-refractivity contribution in [3.05, 3.63) is 90.0 Å². The summed E-state index contributed by atoms with van der Waals surface area (Å²) in [6.07, 6.45) is 0.666. The van der Waals surface area contributed by atoms with Crippen molar-refractivity contribution in [3.63, 3.8) is 0 Å². The average molecular weight is 630 g/mol. The lowest BCUT2D eigenvalue weighted by Crippen LogP contribution is -2.52. The van der Waals surface area contributed by atoms with Crippen LogP contribution in [0.1, 0.15) is 30.9 Å². The third kappa shape index (κ3) is 11.5. The number of hydrogen-bond acceptors (Lipinski definition) is 6. The molecule has 13 heteroatoms. The molecule has 3 amide bonds.